The molecular formula is C16H20F3N3O2. The maximum Gasteiger partial charge on any atom is 0.393 e. The summed E-state index contributed by atoms with van der Waals surface area (Å²) < 4.78 is 39.0. The molecule has 0 aromatic heterocycles. The average Bonchev–Trinajstić information content (AvgIpc) is 2.90. The molecule has 0 bridgehead atoms. The topological polar surface area (TPSA) is 75.4 Å². The Balaban J connectivity index is 1.91. The van der Waals surface area contributed by atoms with E-state index >= 15 is 0 Å². The summed E-state index contributed by atoms with van der Waals surface area (Å²) in [5.74, 6) is -3.87. The third-order valence-corrected chi connectivity index (χ3v) is 4.18. The first kappa shape index (κ1) is 18.3. The molecule has 1 aliphatic heterocycles. The minimum atomic E-state index is -4.39. The molecule has 24 heavy (non-hydrogen) atoms. The zero-order valence-corrected chi connectivity index (χ0v) is 13.3. The van der Waals surface area contributed by atoms with Crippen LogP contribution in [0.4, 0.5) is 13.2 Å². The molecule has 1 aliphatic rings. The summed E-state index contributed by atoms with van der Waals surface area (Å²) in [6.07, 6.45) is -3.98. The molecule has 0 spiro atoms. The van der Waals surface area contributed by atoms with Gasteiger partial charge in [0.2, 0.25) is 11.8 Å². The number of nitrogens with one attached hydrogen (secondary N) is 1. The van der Waals surface area contributed by atoms with Gasteiger partial charge in [-0.15, -0.1) is 0 Å². The lowest BCUT2D eigenvalue weighted by Gasteiger charge is -2.20. The van der Waals surface area contributed by atoms with Crippen LogP contribution in [0.2, 0.25) is 0 Å². The van der Waals surface area contributed by atoms with Crippen LogP contribution < -0.4 is 11.1 Å². The number of halogens is 3. The van der Waals surface area contributed by atoms with Gasteiger partial charge >= 0.3 is 6.18 Å². The Hall–Kier alpha value is -2.09. The fraction of sp³-hybridized carbons (Fsp3) is 0.500. The van der Waals surface area contributed by atoms with Crippen molar-refractivity contribution in [2.75, 3.05) is 26.7 Å². The summed E-state index contributed by atoms with van der Waals surface area (Å²) in [4.78, 5) is 24.7. The minimum Gasteiger partial charge on any atom is -0.366 e. The van der Waals surface area contributed by atoms with Gasteiger partial charge < -0.3 is 16.0 Å². The van der Waals surface area contributed by atoms with E-state index in [9.17, 15) is 22.8 Å². The van der Waals surface area contributed by atoms with Crippen LogP contribution in [0.5, 0.6) is 0 Å². The minimum absolute atomic E-state index is 0.0904. The lowest BCUT2D eigenvalue weighted by atomic mass is 9.94. The third kappa shape index (κ3) is 4.47. The highest BCUT2D eigenvalue weighted by atomic mass is 19.4. The van der Waals surface area contributed by atoms with Crippen molar-refractivity contribution >= 4 is 11.8 Å². The van der Waals surface area contributed by atoms with Crippen molar-refractivity contribution in [2.24, 2.45) is 17.6 Å². The SMILES string of the molecule is CN1C[C@@H](C(F)(F)F)[C@H](C(=O)NCCc2cccc(C(N)=O)c2)C1. The van der Waals surface area contributed by atoms with Gasteiger partial charge in [0.15, 0.2) is 0 Å². The lowest BCUT2D eigenvalue weighted by molar-refractivity contribution is -0.183. The van der Waals surface area contributed by atoms with Crippen molar-refractivity contribution < 1.29 is 22.8 Å². The van der Waals surface area contributed by atoms with Crippen LogP contribution in [0.15, 0.2) is 24.3 Å². The first-order valence-corrected chi connectivity index (χ1v) is 7.60. The smallest absolute Gasteiger partial charge is 0.366 e. The van der Waals surface area contributed by atoms with Crippen LogP contribution in [-0.4, -0.2) is 49.6 Å². The molecule has 0 aliphatic carbocycles. The van der Waals surface area contributed by atoms with Crippen LogP contribution in [-0.2, 0) is 11.2 Å². The monoisotopic (exact) mass is 343 g/mol. The summed E-state index contributed by atoms with van der Waals surface area (Å²) in [6.45, 7) is 0.126. The van der Waals surface area contributed by atoms with Gasteiger partial charge in [-0.25, -0.2) is 0 Å². The van der Waals surface area contributed by atoms with Crippen molar-refractivity contribution in [3.05, 3.63) is 35.4 Å². The number of hydrogen-bond donors (Lipinski definition) is 2. The fourth-order valence-electron chi connectivity index (χ4n) is 2.94. The molecule has 2 amide bonds. The number of nitrogens with zero attached hydrogens (tertiary/aromatic N) is 1. The van der Waals surface area contributed by atoms with Gasteiger partial charge in [-0.05, 0) is 31.2 Å². The number of alkyl halides is 3. The van der Waals surface area contributed by atoms with Crippen molar-refractivity contribution in [3.8, 4) is 0 Å². The normalized spacial score (nSPS) is 21.7. The van der Waals surface area contributed by atoms with E-state index in [-0.39, 0.29) is 19.6 Å². The zero-order valence-electron chi connectivity index (χ0n) is 13.3. The van der Waals surface area contributed by atoms with Crippen LogP contribution in [0.1, 0.15) is 15.9 Å². The Morgan fingerprint density at radius 1 is 1.33 bits per heavy atom. The molecule has 2 rings (SSSR count). The average molecular weight is 343 g/mol. The predicted octanol–water partition coefficient (Wildman–Crippen LogP) is 1.18. The summed E-state index contributed by atoms with van der Waals surface area (Å²) in [5.41, 5.74) is 6.33. The van der Waals surface area contributed by atoms with E-state index in [1.165, 1.54) is 4.90 Å². The maximum absolute atomic E-state index is 13.0. The number of primary amides is 1. The number of carbonyl (C=O) groups excluding carboxylic acids is 2. The fourth-order valence-corrected chi connectivity index (χ4v) is 2.94. The molecule has 0 unspecified atom stereocenters. The van der Waals surface area contributed by atoms with Gasteiger partial charge in [0.05, 0.1) is 11.8 Å². The Bertz CT molecular complexity index is 619. The maximum atomic E-state index is 13.0. The standard InChI is InChI=1S/C16H20F3N3O2/c1-22-8-12(13(9-22)16(17,18)19)15(24)21-6-5-10-3-2-4-11(7-10)14(20)23/h2-4,7,12-13H,5-6,8-9H2,1H3,(H2,20,23)(H,21,24)/t12-,13-/m1/s1. The number of likely N-dealkylation sites (tertiary alicyclic amines) is 1. The van der Waals surface area contributed by atoms with Gasteiger partial charge in [-0.2, -0.15) is 13.2 Å². The lowest BCUT2D eigenvalue weighted by Crippen LogP contribution is -2.40. The second-order valence-electron chi connectivity index (χ2n) is 6.08. The van der Waals surface area contributed by atoms with Crippen LogP contribution >= 0.6 is 0 Å². The molecule has 5 nitrogen and oxygen atoms in total. The quantitative estimate of drug-likeness (QED) is 0.843. The highest BCUT2D eigenvalue weighted by Gasteiger charge is 2.51. The molecule has 1 heterocycles. The van der Waals surface area contributed by atoms with E-state index in [4.69, 9.17) is 5.73 Å². The summed E-state index contributed by atoms with van der Waals surface area (Å²) in [5, 5.41) is 2.56. The summed E-state index contributed by atoms with van der Waals surface area (Å²) in [7, 11) is 1.57. The number of rotatable bonds is 5. The highest BCUT2D eigenvalue weighted by Crippen LogP contribution is 2.37. The van der Waals surface area contributed by atoms with E-state index in [2.05, 4.69) is 5.32 Å². The number of amides is 2. The zero-order chi connectivity index (χ0) is 17.9. The Morgan fingerprint density at radius 2 is 2.04 bits per heavy atom. The molecule has 132 valence electrons. The van der Waals surface area contributed by atoms with Gasteiger partial charge in [0.25, 0.3) is 0 Å². The second-order valence-corrected chi connectivity index (χ2v) is 6.08. The first-order valence-electron chi connectivity index (χ1n) is 7.60. The van der Waals surface area contributed by atoms with Gasteiger partial charge in [0.1, 0.15) is 0 Å². The van der Waals surface area contributed by atoms with E-state index in [1.54, 1.807) is 31.3 Å². The second kappa shape index (κ2) is 7.21. The molecule has 1 aromatic carbocycles. The van der Waals surface area contributed by atoms with Crippen LogP contribution in [0, 0.1) is 11.8 Å². The van der Waals surface area contributed by atoms with Crippen molar-refractivity contribution in [3.63, 3.8) is 0 Å². The van der Waals surface area contributed by atoms with Crippen molar-refractivity contribution in [2.45, 2.75) is 12.6 Å². The van der Waals surface area contributed by atoms with E-state index in [1.807, 2.05) is 0 Å². The molecule has 1 fully saturated rings. The predicted molar refractivity (Wildman–Crippen MR) is 82.2 cm³/mol. The van der Waals surface area contributed by atoms with Crippen molar-refractivity contribution in [1.82, 2.24) is 10.2 Å². The number of carbonyl (C=O) groups is 2. The Kier molecular flexibility index (Phi) is 5.48. The summed E-state index contributed by atoms with van der Waals surface area (Å²) >= 11 is 0. The first-order chi connectivity index (χ1) is 11.2. The highest BCUT2D eigenvalue weighted by molar-refractivity contribution is 5.92. The van der Waals surface area contributed by atoms with Crippen LogP contribution in [0.3, 0.4) is 0 Å². The molecular weight excluding hydrogens is 323 g/mol. The Labute approximate surface area is 138 Å². The largest absolute Gasteiger partial charge is 0.393 e. The molecule has 1 saturated heterocycles. The summed E-state index contributed by atoms with van der Waals surface area (Å²) in [6, 6.07) is 6.62. The third-order valence-electron chi connectivity index (χ3n) is 4.18. The van der Waals surface area contributed by atoms with Crippen molar-refractivity contribution in [1.29, 1.82) is 0 Å². The van der Waals surface area contributed by atoms with E-state index in [0.29, 0.717) is 12.0 Å². The Morgan fingerprint density at radius 3 is 2.67 bits per heavy atom. The van der Waals surface area contributed by atoms with E-state index in [0.717, 1.165) is 5.56 Å². The molecule has 0 radical (unpaired) electrons. The molecule has 8 heteroatoms. The number of benzene rings is 1. The number of hydrogen-bond acceptors (Lipinski definition) is 3. The van der Waals surface area contributed by atoms with Gasteiger partial charge in [-0.1, -0.05) is 12.1 Å². The molecule has 3 N–H and O–H groups in total. The molecule has 0 saturated carbocycles. The van der Waals surface area contributed by atoms with E-state index < -0.39 is 29.8 Å². The number of nitrogens with two attached hydrogens (primary N) is 1. The van der Waals surface area contributed by atoms with Crippen LogP contribution in [0.25, 0.3) is 0 Å². The molecule has 1 aromatic rings. The van der Waals surface area contributed by atoms with Gasteiger partial charge in [-0.3, -0.25) is 9.59 Å². The van der Waals surface area contributed by atoms with Gasteiger partial charge in [0, 0.05) is 25.2 Å². The molecule has 2 atom stereocenters.